The highest BCUT2D eigenvalue weighted by atomic mass is 19.4. The average molecular weight is 352 g/mol. The Morgan fingerprint density at radius 2 is 1.76 bits per heavy atom. The van der Waals surface area contributed by atoms with Crippen LogP contribution < -0.4 is 10.9 Å². The quantitative estimate of drug-likeness (QED) is 0.897. The minimum atomic E-state index is -4.75. The zero-order valence-corrected chi connectivity index (χ0v) is 13.9. The van der Waals surface area contributed by atoms with Crippen LogP contribution in [0.3, 0.4) is 0 Å². The molecule has 4 nitrogen and oxygen atoms in total. The van der Waals surface area contributed by atoms with E-state index in [1.807, 2.05) is 44.2 Å². The van der Waals surface area contributed by atoms with Gasteiger partial charge in [-0.2, -0.15) is 13.2 Å². The largest absolute Gasteiger partial charge is 0.421 e. The molecule has 7 heteroatoms. The predicted molar refractivity (Wildman–Crippen MR) is 87.9 cm³/mol. The first-order valence-electron chi connectivity index (χ1n) is 7.81. The SMILES string of the molecule is CC(C)C(NC(=O)Cn1cccc(C(F)(F)F)c1=O)c1ccccc1. The topological polar surface area (TPSA) is 51.1 Å². The lowest BCUT2D eigenvalue weighted by molar-refractivity contribution is -0.139. The van der Waals surface area contributed by atoms with Gasteiger partial charge in [0.2, 0.25) is 5.91 Å². The average Bonchev–Trinajstić information content (AvgIpc) is 2.54. The maximum absolute atomic E-state index is 12.8. The molecular weight excluding hydrogens is 333 g/mol. The molecule has 1 aromatic heterocycles. The van der Waals surface area contributed by atoms with E-state index in [9.17, 15) is 22.8 Å². The summed E-state index contributed by atoms with van der Waals surface area (Å²) in [7, 11) is 0. The first kappa shape index (κ1) is 18.8. The van der Waals surface area contributed by atoms with Gasteiger partial charge in [0.1, 0.15) is 12.1 Å². The Bertz CT molecular complexity index is 783. The van der Waals surface area contributed by atoms with Crippen LogP contribution in [0.15, 0.2) is 53.5 Å². The van der Waals surface area contributed by atoms with Crippen molar-refractivity contribution in [3.63, 3.8) is 0 Å². The van der Waals surface area contributed by atoms with Crippen LogP contribution in [0.1, 0.15) is 31.0 Å². The van der Waals surface area contributed by atoms with E-state index >= 15 is 0 Å². The third-order valence-corrected chi connectivity index (χ3v) is 3.78. The molecule has 1 heterocycles. The van der Waals surface area contributed by atoms with Gasteiger partial charge in [0, 0.05) is 6.20 Å². The van der Waals surface area contributed by atoms with Crippen LogP contribution >= 0.6 is 0 Å². The van der Waals surface area contributed by atoms with E-state index in [0.29, 0.717) is 6.07 Å². The molecular formula is C18H19F3N2O2. The summed E-state index contributed by atoms with van der Waals surface area (Å²) in [6, 6.07) is 10.8. The molecule has 0 bridgehead atoms. The molecule has 1 amide bonds. The maximum atomic E-state index is 12.8. The molecule has 1 aromatic carbocycles. The number of aromatic nitrogens is 1. The molecule has 25 heavy (non-hydrogen) atoms. The summed E-state index contributed by atoms with van der Waals surface area (Å²) in [6.07, 6.45) is -3.58. The Labute approximate surface area is 143 Å². The highest BCUT2D eigenvalue weighted by Crippen LogP contribution is 2.26. The molecule has 1 atom stereocenters. The fourth-order valence-electron chi connectivity index (χ4n) is 2.55. The lowest BCUT2D eigenvalue weighted by Gasteiger charge is -2.23. The van der Waals surface area contributed by atoms with E-state index in [0.717, 1.165) is 16.2 Å². The Hall–Kier alpha value is -2.57. The van der Waals surface area contributed by atoms with Crippen molar-refractivity contribution in [1.82, 2.24) is 9.88 Å². The van der Waals surface area contributed by atoms with E-state index in [2.05, 4.69) is 5.32 Å². The number of nitrogens with zero attached hydrogens (tertiary/aromatic N) is 1. The van der Waals surface area contributed by atoms with Gasteiger partial charge in [0.05, 0.1) is 6.04 Å². The van der Waals surface area contributed by atoms with Crippen molar-refractivity contribution in [2.75, 3.05) is 0 Å². The predicted octanol–water partition coefficient (Wildman–Crippen LogP) is 3.38. The number of carbonyl (C=O) groups is 1. The minimum Gasteiger partial charge on any atom is -0.347 e. The molecule has 1 N–H and O–H groups in total. The summed E-state index contributed by atoms with van der Waals surface area (Å²) in [5.41, 5.74) is -1.63. The summed E-state index contributed by atoms with van der Waals surface area (Å²) < 4.78 is 39.1. The normalized spacial score (nSPS) is 12.9. The standard InChI is InChI=1S/C18H19F3N2O2/c1-12(2)16(13-7-4-3-5-8-13)22-15(24)11-23-10-6-9-14(17(23)25)18(19,20)21/h3-10,12,16H,11H2,1-2H3,(H,22,24). The van der Waals surface area contributed by atoms with E-state index in [1.54, 1.807) is 0 Å². The van der Waals surface area contributed by atoms with Gasteiger partial charge >= 0.3 is 6.18 Å². The zero-order valence-electron chi connectivity index (χ0n) is 13.9. The second kappa shape index (κ2) is 7.55. The van der Waals surface area contributed by atoms with E-state index in [1.165, 1.54) is 6.20 Å². The van der Waals surface area contributed by atoms with Crippen molar-refractivity contribution >= 4 is 5.91 Å². The zero-order chi connectivity index (χ0) is 18.6. The van der Waals surface area contributed by atoms with Gasteiger partial charge in [0.25, 0.3) is 5.56 Å². The summed E-state index contributed by atoms with van der Waals surface area (Å²) in [5.74, 6) is -0.450. The monoisotopic (exact) mass is 352 g/mol. The number of nitrogens with one attached hydrogen (secondary N) is 1. The van der Waals surface area contributed by atoms with Crippen molar-refractivity contribution in [3.05, 3.63) is 70.1 Å². The number of carbonyl (C=O) groups excluding carboxylic acids is 1. The summed E-state index contributed by atoms with van der Waals surface area (Å²) in [6.45, 7) is 3.38. The summed E-state index contributed by atoms with van der Waals surface area (Å²) >= 11 is 0. The molecule has 0 saturated carbocycles. The minimum absolute atomic E-state index is 0.0737. The molecule has 2 rings (SSSR count). The third-order valence-electron chi connectivity index (χ3n) is 3.78. The number of hydrogen-bond donors (Lipinski definition) is 1. The summed E-state index contributed by atoms with van der Waals surface area (Å²) in [4.78, 5) is 24.2. The van der Waals surface area contributed by atoms with Crippen molar-refractivity contribution in [1.29, 1.82) is 0 Å². The molecule has 1 unspecified atom stereocenters. The number of amides is 1. The van der Waals surface area contributed by atoms with E-state index in [-0.39, 0.29) is 12.0 Å². The second-order valence-electron chi connectivity index (χ2n) is 6.05. The highest BCUT2D eigenvalue weighted by molar-refractivity contribution is 5.76. The van der Waals surface area contributed by atoms with Crippen LogP contribution in [0.25, 0.3) is 0 Å². The van der Waals surface area contributed by atoms with E-state index < -0.39 is 29.8 Å². The van der Waals surface area contributed by atoms with Crippen LogP contribution in [-0.4, -0.2) is 10.5 Å². The number of hydrogen-bond acceptors (Lipinski definition) is 2. The van der Waals surface area contributed by atoms with Crippen LogP contribution in [0.4, 0.5) is 13.2 Å². The fourth-order valence-corrected chi connectivity index (χ4v) is 2.55. The van der Waals surface area contributed by atoms with Crippen molar-refractivity contribution < 1.29 is 18.0 Å². The molecule has 0 aliphatic rings. The Balaban J connectivity index is 2.19. The van der Waals surface area contributed by atoms with Crippen molar-refractivity contribution in [2.45, 2.75) is 32.6 Å². The maximum Gasteiger partial charge on any atom is 0.421 e. The van der Waals surface area contributed by atoms with Gasteiger partial charge in [-0.05, 0) is 23.6 Å². The number of rotatable bonds is 5. The van der Waals surface area contributed by atoms with E-state index in [4.69, 9.17) is 0 Å². The number of halogens is 3. The van der Waals surface area contributed by atoms with Gasteiger partial charge in [-0.25, -0.2) is 0 Å². The van der Waals surface area contributed by atoms with Gasteiger partial charge in [-0.1, -0.05) is 44.2 Å². The molecule has 2 aromatic rings. The van der Waals surface area contributed by atoms with Gasteiger partial charge in [-0.15, -0.1) is 0 Å². The smallest absolute Gasteiger partial charge is 0.347 e. The van der Waals surface area contributed by atoms with Crippen molar-refractivity contribution in [2.24, 2.45) is 5.92 Å². The third kappa shape index (κ3) is 4.71. The van der Waals surface area contributed by atoms with Crippen LogP contribution in [0.5, 0.6) is 0 Å². The van der Waals surface area contributed by atoms with Crippen LogP contribution in [0, 0.1) is 5.92 Å². The Morgan fingerprint density at radius 1 is 1.12 bits per heavy atom. The number of benzene rings is 1. The van der Waals surface area contributed by atoms with Gasteiger partial charge < -0.3 is 9.88 Å². The molecule has 0 aliphatic heterocycles. The lowest BCUT2D eigenvalue weighted by Crippen LogP contribution is -2.37. The molecule has 0 radical (unpaired) electrons. The molecule has 134 valence electrons. The lowest BCUT2D eigenvalue weighted by atomic mass is 9.96. The highest BCUT2D eigenvalue weighted by Gasteiger charge is 2.34. The van der Waals surface area contributed by atoms with Crippen molar-refractivity contribution in [3.8, 4) is 0 Å². The molecule has 0 saturated heterocycles. The Kier molecular flexibility index (Phi) is 5.66. The Morgan fingerprint density at radius 3 is 2.32 bits per heavy atom. The first-order chi connectivity index (χ1) is 11.7. The number of alkyl halides is 3. The molecule has 0 spiro atoms. The van der Waals surface area contributed by atoms with Crippen LogP contribution in [0.2, 0.25) is 0 Å². The number of pyridine rings is 1. The molecule has 0 fully saturated rings. The summed E-state index contributed by atoms with van der Waals surface area (Å²) in [5, 5.41) is 2.79. The molecule has 0 aliphatic carbocycles. The first-order valence-corrected chi connectivity index (χ1v) is 7.81. The van der Waals surface area contributed by atoms with Gasteiger partial charge in [0.15, 0.2) is 0 Å². The fraction of sp³-hybridized carbons (Fsp3) is 0.333. The van der Waals surface area contributed by atoms with Crippen LogP contribution in [-0.2, 0) is 17.5 Å². The van der Waals surface area contributed by atoms with Gasteiger partial charge in [-0.3, -0.25) is 9.59 Å². The second-order valence-corrected chi connectivity index (χ2v) is 6.05.